The van der Waals surface area contributed by atoms with Gasteiger partial charge in [0.2, 0.25) is 0 Å². The van der Waals surface area contributed by atoms with Crippen molar-refractivity contribution in [1.82, 2.24) is 0 Å². The first-order valence-electron chi connectivity index (χ1n) is 9.49. The van der Waals surface area contributed by atoms with E-state index in [4.69, 9.17) is 4.74 Å². The minimum absolute atomic E-state index is 0.990. The van der Waals surface area contributed by atoms with Gasteiger partial charge in [-0.2, -0.15) is 0 Å². The second kappa shape index (κ2) is 19.0. The number of rotatable bonds is 17. The molecule has 0 aromatic carbocycles. The van der Waals surface area contributed by atoms with Crippen molar-refractivity contribution in [3.8, 4) is 0 Å². The zero-order chi connectivity index (χ0) is 14.7. The van der Waals surface area contributed by atoms with Crippen LogP contribution in [-0.4, -0.2) is 13.2 Å². The molecule has 0 N–H and O–H groups in total. The maximum Gasteiger partial charge on any atom is 0.0466 e. The minimum atomic E-state index is 0.990. The Kier molecular flexibility index (Phi) is 18.9. The van der Waals surface area contributed by atoms with E-state index in [0.717, 1.165) is 13.2 Å². The van der Waals surface area contributed by atoms with Gasteiger partial charge in [0, 0.05) is 13.2 Å². The van der Waals surface area contributed by atoms with Gasteiger partial charge in [0.25, 0.3) is 0 Å². The Hall–Kier alpha value is -0.0400. The Morgan fingerprint density at radius 2 is 0.700 bits per heavy atom. The average Bonchev–Trinajstić information content (AvgIpc) is 2.47. The lowest BCUT2D eigenvalue weighted by molar-refractivity contribution is 0.125. The van der Waals surface area contributed by atoms with E-state index in [1.54, 1.807) is 0 Å². The van der Waals surface area contributed by atoms with Crippen LogP contribution in [0.3, 0.4) is 0 Å². The molecule has 0 aromatic heterocycles. The molecule has 0 unspecified atom stereocenters. The third-order valence-electron chi connectivity index (χ3n) is 4.03. The highest BCUT2D eigenvalue weighted by atomic mass is 16.5. The largest absolute Gasteiger partial charge is 0.381 e. The van der Waals surface area contributed by atoms with E-state index in [1.165, 1.54) is 96.3 Å². The zero-order valence-corrected chi connectivity index (χ0v) is 14.4. The fraction of sp³-hybridized carbons (Fsp3) is 1.00. The Morgan fingerprint density at radius 3 is 1.05 bits per heavy atom. The zero-order valence-electron chi connectivity index (χ0n) is 14.4. The number of unbranched alkanes of at least 4 members (excludes halogenated alkanes) is 13. The van der Waals surface area contributed by atoms with Crippen LogP contribution in [0.5, 0.6) is 0 Å². The van der Waals surface area contributed by atoms with Crippen LogP contribution in [-0.2, 0) is 4.74 Å². The molecule has 0 aliphatic carbocycles. The lowest BCUT2D eigenvalue weighted by Crippen LogP contribution is -1.97. The summed E-state index contributed by atoms with van der Waals surface area (Å²) < 4.78 is 5.71. The second-order valence-electron chi connectivity index (χ2n) is 6.21. The summed E-state index contributed by atoms with van der Waals surface area (Å²) in [6.45, 7) is 6.54. The van der Waals surface area contributed by atoms with E-state index in [2.05, 4.69) is 13.8 Å². The third kappa shape index (κ3) is 18.0. The summed E-state index contributed by atoms with van der Waals surface area (Å²) in [5.74, 6) is 0. The molecule has 0 spiro atoms. The smallest absolute Gasteiger partial charge is 0.0466 e. The lowest BCUT2D eigenvalue weighted by Gasteiger charge is -2.05. The molecule has 0 heterocycles. The number of hydrogen-bond donors (Lipinski definition) is 0. The van der Waals surface area contributed by atoms with Gasteiger partial charge in [0.15, 0.2) is 0 Å². The number of ether oxygens (including phenoxy) is 1. The highest BCUT2D eigenvalue weighted by Crippen LogP contribution is 2.09. The third-order valence-corrected chi connectivity index (χ3v) is 4.03. The van der Waals surface area contributed by atoms with E-state index in [0.29, 0.717) is 0 Å². The summed E-state index contributed by atoms with van der Waals surface area (Å²) in [4.78, 5) is 0. The summed E-state index contributed by atoms with van der Waals surface area (Å²) >= 11 is 0. The molecule has 122 valence electrons. The molecule has 0 atom stereocenters. The highest BCUT2D eigenvalue weighted by molar-refractivity contribution is 4.47. The van der Waals surface area contributed by atoms with Crippen molar-refractivity contribution < 1.29 is 4.74 Å². The average molecular weight is 285 g/mol. The van der Waals surface area contributed by atoms with Gasteiger partial charge in [-0.05, 0) is 12.8 Å². The van der Waals surface area contributed by atoms with Crippen LogP contribution in [0.15, 0.2) is 0 Å². The molecule has 0 saturated carbocycles. The predicted octanol–water partition coefficient (Wildman–Crippen LogP) is 6.89. The molecule has 0 radical (unpaired) electrons. The van der Waals surface area contributed by atoms with Gasteiger partial charge in [-0.1, -0.05) is 97.3 Å². The first-order chi connectivity index (χ1) is 9.91. The van der Waals surface area contributed by atoms with Gasteiger partial charge in [-0.15, -0.1) is 0 Å². The summed E-state index contributed by atoms with van der Waals surface area (Å²) in [5, 5.41) is 0. The van der Waals surface area contributed by atoms with Gasteiger partial charge < -0.3 is 4.74 Å². The maximum absolute atomic E-state index is 5.71. The van der Waals surface area contributed by atoms with Crippen molar-refractivity contribution in [2.45, 2.75) is 110 Å². The summed E-state index contributed by atoms with van der Waals surface area (Å²) in [6, 6.07) is 0. The van der Waals surface area contributed by atoms with E-state index >= 15 is 0 Å². The van der Waals surface area contributed by atoms with Crippen LogP contribution in [0.1, 0.15) is 110 Å². The molecule has 0 aromatic rings. The van der Waals surface area contributed by atoms with Gasteiger partial charge >= 0.3 is 0 Å². The molecule has 20 heavy (non-hydrogen) atoms. The summed E-state index contributed by atoms with van der Waals surface area (Å²) in [7, 11) is 0. The first-order valence-corrected chi connectivity index (χ1v) is 9.49. The number of hydrogen-bond acceptors (Lipinski definition) is 1. The van der Waals surface area contributed by atoms with Crippen molar-refractivity contribution >= 4 is 0 Å². The minimum Gasteiger partial charge on any atom is -0.381 e. The molecule has 1 nitrogen and oxygen atoms in total. The van der Waals surface area contributed by atoms with Crippen LogP contribution in [0.4, 0.5) is 0 Å². The van der Waals surface area contributed by atoms with E-state index in [1.807, 2.05) is 0 Å². The molecule has 0 saturated heterocycles. The molecule has 0 fully saturated rings. The Labute approximate surface area is 128 Å². The molecule has 0 rings (SSSR count). The Balaban J connectivity index is 2.89. The lowest BCUT2D eigenvalue weighted by atomic mass is 10.1. The van der Waals surface area contributed by atoms with Gasteiger partial charge in [-0.3, -0.25) is 0 Å². The van der Waals surface area contributed by atoms with Gasteiger partial charge in [0.1, 0.15) is 0 Å². The summed E-state index contributed by atoms with van der Waals surface area (Å²) in [6.07, 6.45) is 20.8. The molecule has 0 aliphatic rings. The van der Waals surface area contributed by atoms with Crippen molar-refractivity contribution in [2.75, 3.05) is 13.2 Å². The topological polar surface area (TPSA) is 9.23 Å². The van der Waals surface area contributed by atoms with E-state index in [9.17, 15) is 0 Å². The molecule has 0 bridgehead atoms. The van der Waals surface area contributed by atoms with Crippen LogP contribution in [0.2, 0.25) is 0 Å². The molecule has 0 amide bonds. The monoisotopic (exact) mass is 284 g/mol. The van der Waals surface area contributed by atoms with Crippen LogP contribution < -0.4 is 0 Å². The van der Waals surface area contributed by atoms with E-state index < -0.39 is 0 Å². The second-order valence-corrected chi connectivity index (χ2v) is 6.21. The predicted molar refractivity (Wildman–Crippen MR) is 91.4 cm³/mol. The molecular weight excluding hydrogens is 244 g/mol. The van der Waals surface area contributed by atoms with Gasteiger partial charge in [-0.25, -0.2) is 0 Å². The molecule has 0 aliphatic heterocycles. The molecule has 1 heteroatoms. The standard InChI is InChI=1S/C19H40O/c1-3-5-7-9-11-13-15-17-19-20-18-16-14-12-10-8-6-4-2/h3-19H2,1-2H3. The van der Waals surface area contributed by atoms with Crippen molar-refractivity contribution in [3.05, 3.63) is 0 Å². The van der Waals surface area contributed by atoms with Crippen molar-refractivity contribution in [1.29, 1.82) is 0 Å². The summed E-state index contributed by atoms with van der Waals surface area (Å²) in [5.41, 5.74) is 0. The van der Waals surface area contributed by atoms with Crippen LogP contribution in [0, 0.1) is 0 Å². The van der Waals surface area contributed by atoms with Crippen LogP contribution in [0.25, 0.3) is 0 Å². The van der Waals surface area contributed by atoms with E-state index in [-0.39, 0.29) is 0 Å². The molecular formula is C19H40O. The normalized spacial score (nSPS) is 11.1. The fourth-order valence-electron chi connectivity index (χ4n) is 2.60. The fourth-order valence-corrected chi connectivity index (χ4v) is 2.60. The first kappa shape index (κ1) is 20.0. The SMILES string of the molecule is CCCCCCCCCCOCCCCCCCCC. The quantitative estimate of drug-likeness (QED) is 0.264. The van der Waals surface area contributed by atoms with Crippen LogP contribution >= 0.6 is 0 Å². The maximum atomic E-state index is 5.71. The van der Waals surface area contributed by atoms with Crippen molar-refractivity contribution in [2.24, 2.45) is 0 Å². The Bertz CT molecular complexity index is 138. The Morgan fingerprint density at radius 1 is 0.400 bits per heavy atom. The highest BCUT2D eigenvalue weighted by Gasteiger charge is 1.94. The van der Waals surface area contributed by atoms with Gasteiger partial charge in [0.05, 0.1) is 0 Å². The van der Waals surface area contributed by atoms with Crippen molar-refractivity contribution in [3.63, 3.8) is 0 Å².